The second kappa shape index (κ2) is 4.09. The van der Waals surface area contributed by atoms with Crippen LogP contribution in [0.4, 0.5) is 0 Å². The van der Waals surface area contributed by atoms with Crippen molar-refractivity contribution in [2.24, 2.45) is 5.41 Å². The van der Waals surface area contributed by atoms with Crippen molar-refractivity contribution in [3.05, 3.63) is 0 Å². The molecule has 0 bridgehead atoms. The summed E-state index contributed by atoms with van der Waals surface area (Å²) in [6.07, 6.45) is 1.72. The number of aliphatic hydroxyl groups is 1. The minimum atomic E-state index is -0.914. The first-order chi connectivity index (χ1) is 5.71. The van der Waals surface area contributed by atoms with Crippen LogP contribution in [-0.4, -0.2) is 21.8 Å². The average Bonchev–Trinajstić information content (AvgIpc) is 1.82. The summed E-state index contributed by atoms with van der Waals surface area (Å²) < 4.78 is 0. The van der Waals surface area contributed by atoms with E-state index in [9.17, 15) is 9.90 Å². The highest BCUT2D eigenvalue weighted by Gasteiger charge is 2.37. The first kappa shape index (κ1) is 12.4. The predicted octanol–water partition coefficient (Wildman–Crippen LogP) is 2.04. The minimum absolute atomic E-state index is 0.295. The summed E-state index contributed by atoms with van der Waals surface area (Å²) in [5.41, 5.74) is -1.71. The van der Waals surface area contributed by atoms with E-state index < -0.39 is 17.0 Å². The standard InChI is InChI=1S/C10H20O3/c1-5-6-10(4,8(11)12)7-9(2,3)13/h13H,5-7H2,1-4H3,(H,11,12). The Bertz CT molecular complexity index is 181. The van der Waals surface area contributed by atoms with Gasteiger partial charge in [0.2, 0.25) is 0 Å². The maximum absolute atomic E-state index is 11.0. The van der Waals surface area contributed by atoms with E-state index in [1.54, 1.807) is 20.8 Å². The van der Waals surface area contributed by atoms with Gasteiger partial charge in [-0.1, -0.05) is 13.3 Å². The molecule has 3 heteroatoms. The highest BCUT2D eigenvalue weighted by molar-refractivity contribution is 5.74. The fraction of sp³-hybridized carbons (Fsp3) is 0.900. The van der Waals surface area contributed by atoms with Crippen molar-refractivity contribution in [3.63, 3.8) is 0 Å². The monoisotopic (exact) mass is 188 g/mol. The van der Waals surface area contributed by atoms with Crippen molar-refractivity contribution in [3.8, 4) is 0 Å². The Morgan fingerprint density at radius 2 is 1.77 bits per heavy atom. The van der Waals surface area contributed by atoms with Gasteiger partial charge in [-0.2, -0.15) is 0 Å². The molecular formula is C10H20O3. The van der Waals surface area contributed by atoms with Crippen LogP contribution in [0.3, 0.4) is 0 Å². The van der Waals surface area contributed by atoms with Gasteiger partial charge >= 0.3 is 5.97 Å². The first-order valence-electron chi connectivity index (χ1n) is 4.67. The summed E-state index contributed by atoms with van der Waals surface area (Å²) in [6.45, 7) is 6.93. The lowest BCUT2D eigenvalue weighted by atomic mass is 9.77. The number of aliphatic carboxylic acids is 1. The van der Waals surface area contributed by atoms with Gasteiger partial charge in [-0.15, -0.1) is 0 Å². The van der Waals surface area contributed by atoms with Gasteiger partial charge in [0, 0.05) is 0 Å². The number of carboxylic acids is 1. The molecule has 3 nitrogen and oxygen atoms in total. The lowest BCUT2D eigenvalue weighted by Crippen LogP contribution is -2.36. The quantitative estimate of drug-likeness (QED) is 0.694. The van der Waals surface area contributed by atoms with E-state index in [1.807, 2.05) is 6.92 Å². The topological polar surface area (TPSA) is 57.5 Å². The number of hydrogen-bond acceptors (Lipinski definition) is 2. The maximum atomic E-state index is 11.0. The van der Waals surface area contributed by atoms with Crippen LogP contribution in [0.25, 0.3) is 0 Å². The molecule has 0 amide bonds. The molecule has 1 atom stereocenters. The van der Waals surface area contributed by atoms with Crippen LogP contribution < -0.4 is 0 Å². The van der Waals surface area contributed by atoms with E-state index in [0.717, 1.165) is 6.42 Å². The smallest absolute Gasteiger partial charge is 0.309 e. The Morgan fingerprint density at radius 1 is 1.31 bits per heavy atom. The second-order valence-electron chi connectivity index (χ2n) is 4.61. The van der Waals surface area contributed by atoms with Crippen molar-refractivity contribution in [1.82, 2.24) is 0 Å². The Labute approximate surface area is 79.8 Å². The molecule has 0 aliphatic heterocycles. The largest absolute Gasteiger partial charge is 0.481 e. The van der Waals surface area contributed by atoms with Crippen LogP contribution in [-0.2, 0) is 4.79 Å². The van der Waals surface area contributed by atoms with E-state index >= 15 is 0 Å². The van der Waals surface area contributed by atoms with Crippen LogP contribution >= 0.6 is 0 Å². The molecular weight excluding hydrogens is 168 g/mol. The zero-order valence-electron chi connectivity index (χ0n) is 8.92. The Hall–Kier alpha value is -0.570. The molecule has 78 valence electrons. The molecule has 0 aliphatic rings. The van der Waals surface area contributed by atoms with E-state index in [0.29, 0.717) is 12.8 Å². The molecule has 0 heterocycles. The van der Waals surface area contributed by atoms with Crippen LogP contribution in [0.15, 0.2) is 0 Å². The summed E-state index contributed by atoms with van der Waals surface area (Å²) in [4.78, 5) is 11.0. The number of carboxylic acid groups (broad SMARTS) is 1. The summed E-state index contributed by atoms with van der Waals surface area (Å²) in [6, 6.07) is 0. The van der Waals surface area contributed by atoms with Gasteiger partial charge in [-0.25, -0.2) is 0 Å². The third kappa shape index (κ3) is 4.27. The zero-order chi connectivity index (χ0) is 10.7. The van der Waals surface area contributed by atoms with E-state index in [1.165, 1.54) is 0 Å². The molecule has 0 rings (SSSR count). The van der Waals surface area contributed by atoms with E-state index in [4.69, 9.17) is 5.11 Å². The number of rotatable bonds is 5. The molecule has 0 fully saturated rings. The summed E-state index contributed by atoms with van der Waals surface area (Å²) in [7, 11) is 0. The Balaban J connectivity index is 4.51. The maximum Gasteiger partial charge on any atom is 0.309 e. The molecule has 0 aromatic heterocycles. The van der Waals surface area contributed by atoms with Gasteiger partial charge in [0.15, 0.2) is 0 Å². The summed E-state index contributed by atoms with van der Waals surface area (Å²) >= 11 is 0. The third-order valence-electron chi connectivity index (χ3n) is 2.14. The van der Waals surface area contributed by atoms with Crippen LogP contribution in [0.2, 0.25) is 0 Å². The van der Waals surface area contributed by atoms with E-state index in [2.05, 4.69) is 0 Å². The minimum Gasteiger partial charge on any atom is -0.481 e. The molecule has 0 spiro atoms. The van der Waals surface area contributed by atoms with Crippen LogP contribution in [0.5, 0.6) is 0 Å². The van der Waals surface area contributed by atoms with Gasteiger partial charge in [-0.3, -0.25) is 4.79 Å². The normalized spacial score (nSPS) is 16.7. The molecule has 0 aromatic rings. The summed E-state index contributed by atoms with van der Waals surface area (Å²) in [5.74, 6) is -0.823. The highest BCUT2D eigenvalue weighted by atomic mass is 16.4. The lowest BCUT2D eigenvalue weighted by molar-refractivity contribution is -0.152. The number of carbonyl (C=O) groups is 1. The second-order valence-corrected chi connectivity index (χ2v) is 4.61. The first-order valence-corrected chi connectivity index (χ1v) is 4.67. The SMILES string of the molecule is CCCC(C)(CC(C)(C)O)C(=O)O. The van der Waals surface area contributed by atoms with Gasteiger partial charge in [0.05, 0.1) is 11.0 Å². The molecule has 13 heavy (non-hydrogen) atoms. The molecule has 0 saturated carbocycles. The molecule has 2 N–H and O–H groups in total. The third-order valence-corrected chi connectivity index (χ3v) is 2.14. The molecule has 0 aliphatic carbocycles. The van der Waals surface area contributed by atoms with Gasteiger partial charge in [0.1, 0.15) is 0 Å². The van der Waals surface area contributed by atoms with Crippen molar-refractivity contribution < 1.29 is 15.0 Å². The molecule has 1 unspecified atom stereocenters. The van der Waals surface area contributed by atoms with Crippen molar-refractivity contribution in [1.29, 1.82) is 0 Å². The fourth-order valence-electron chi connectivity index (χ4n) is 1.78. The van der Waals surface area contributed by atoms with Crippen LogP contribution in [0.1, 0.15) is 47.0 Å². The molecule has 0 aromatic carbocycles. The molecule has 0 saturated heterocycles. The Kier molecular flexibility index (Phi) is 3.91. The van der Waals surface area contributed by atoms with Crippen molar-refractivity contribution >= 4 is 5.97 Å². The van der Waals surface area contributed by atoms with Gasteiger partial charge in [-0.05, 0) is 33.6 Å². The average molecular weight is 188 g/mol. The fourth-order valence-corrected chi connectivity index (χ4v) is 1.78. The van der Waals surface area contributed by atoms with Crippen LogP contribution in [0, 0.1) is 5.41 Å². The highest BCUT2D eigenvalue weighted by Crippen LogP contribution is 2.33. The zero-order valence-corrected chi connectivity index (χ0v) is 8.92. The lowest BCUT2D eigenvalue weighted by Gasteiger charge is -2.30. The predicted molar refractivity (Wildman–Crippen MR) is 51.6 cm³/mol. The molecule has 0 radical (unpaired) electrons. The van der Waals surface area contributed by atoms with Crippen molar-refractivity contribution in [2.75, 3.05) is 0 Å². The van der Waals surface area contributed by atoms with Crippen molar-refractivity contribution in [2.45, 2.75) is 52.6 Å². The van der Waals surface area contributed by atoms with E-state index in [-0.39, 0.29) is 0 Å². The Morgan fingerprint density at radius 3 is 2.00 bits per heavy atom. The van der Waals surface area contributed by atoms with Gasteiger partial charge in [0.25, 0.3) is 0 Å². The van der Waals surface area contributed by atoms with Gasteiger partial charge < -0.3 is 10.2 Å². The number of hydrogen-bond donors (Lipinski definition) is 2. The summed E-state index contributed by atoms with van der Waals surface area (Å²) in [5, 5.41) is 18.6.